The minimum atomic E-state index is -3.76. The molecule has 0 aromatic heterocycles. The van der Waals surface area contributed by atoms with Gasteiger partial charge in [0.05, 0.1) is 9.79 Å². The summed E-state index contributed by atoms with van der Waals surface area (Å²) in [5.41, 5.74) is 0.735. The maximum atomic E-state index is 12.7. The van der Waals surface area contributed by atoms with Gasteiger partial charge in [0.15, 0.2) is 0 Å². The number of halogens is 1. The number of piperidine rings is 1. The van der Waals surface area contributed by atoms with Crippen molar-refractivity contribution in [3.8, 4) is 0 Å². The fraction of sp³-hybridized carbons (Fsp3) is 0.316. The maximum Gasteiger partial charge on any atom is 0.243 e. The van der Waals surface area contributed by atoms with Crippen LogP contribution in [0.4, 0.5) is 0 Å². The first-order valence-corrected chi connectivity index (χ1v) is 12.6. The molecule has 2 aromatic carbocycles. The van der Waals surface area contributed by atoms with Crippen LogP contribution in [0.25, 0.3) is 0 Å². The van der Waals surface area contributed by atoms with Crippen molar-refractivity contribution >= 4 is 37.6 Å². The van der Waals surface area contributed by atoms with Crippen molar-refractivity contribution in [2.24, 2.45) is 11.1 Å². The zero-order chi connectivity index (χ0) is 21.9. The lowest BCUT2D eigenvalue weighted by Gasteiger charge is -2.30. The van der Waals surface area contributed by atoms with Crippen LogP contribution < -0.4 is 10.5 Å². The Balaban J connectivity index is 1.53. The van der Waals surface area contributed by atoms with Crippen molar-refractivity contribution < 1.29 is 21.6 Å². The molecular formula is C19H22ClN3O5S2. The van der Waals surface area contributed by atoms with Crippen LogP contribution in [0.5, 0.6) is 0 Å². The standard InChI is InChI=1S/C19H22ClN3O5S2/c20-16-3-7-18(8-4-16)30(27,28)23-11-9-15(10-12-23)19(24)22-13-14-1-5-17(6-2-14)29(21,25)26/h1-8,15H,9-13H2,(H,22,24)(H2,21,25,26). The van der Waals surface area contributed by atoms with Crippen LogP contribution in [0, 0.1) is 5.92 Å². The molecule has 0 spiro atoms. The fourth-order valence-electron chi connectivity index (χ4n) is 3.24. The van der Waals surface area contributed by atoms with E-state index in [0.29, 0.717) is 17.9 Å². The van der Waals surface area contributed by atoms with Gasteiger partial charge in [-0.3, -0.25) is 4.79 Å². The first kappa shape index (κ1) is 22.7. The molecule has 1 saturated heterocycles. The molecule has 162 valence electrons. The van der Waals surface area contributed by atoms with Gasteiger partial charge < -0.3 is 5.32 Å². The van der Waals surface area contributed by atoms with Crippen molar-refractivity contribution in [3.05, 3.63) is 59.1 Å². The van der Waals surface area contributed by atoms with Crippen molar-refractivity contribution in [3.63, 3.8) is 0 Å². The molecule has 1 amide bonds. The Hall–Kier alpha value is -1.98. The first-order valence-electron chi connectivity index (χ1n) is 9.22. The summed E-state index contributed by atoms with van der Waals surface area (Å²) in [7, 11) is -7.37. The van der Waals surface area contributed by atoms with Gasteiger partial charge in [0, 0.05) is 30.6 Å². The molecule has 2 aromatic rings. The predicted octanol–water partition coefficient (Wildman–Crippen LogP) is 1.70. The summed E-state index contributed by atoms with van der Waals surface area (Å²) in [6.45, 7) is 0.755. The second kappa shape index (κ2) is 9.03. The van der Waals surface area contributed by atoms with Crippen molar-refractivity contribution in [1.82, 2.24) is 9.62 Å². The molecule has 1 aliphatic rings. The average Bonchev–Trinajstić information content (AvgIpc) is 2.72. The molecule has 1 heterocycles. The lowest BCUT2D eigenvalue weighted by atomic mass is 9.97. The second-order valence-electron chi connectivity index (χ2n) is 7.04. The number of hydrogen-bond donors (Lipinski definition) is 2. The average molecular weight is 472 g/mol. The third-order valence-electron chi connectivity index (χ3n) is 4.99. The van der Waals surface area contributed by atoms with Crippen molar-refractivity contribution in [1.29, 1.82) is 0 Å². The molecule has 8 nitrogen and oxygen atoms in total. The van der Waals surface area contributed by atoms with Crippen LogP contribution in [0.15, 0.2) is 58.3 Å². The number of nitrogens with two attached hydrogens (primary N) is 1. The summed E-state index contributed by atoms with van der Waals surface area (Å²) >= 11 is 5.82. The first-order chi connectivity index (χ1) is 14.1. The Morgan fingerprint density at radius 2 is 1.50 bits per heavy atom. The van der Waals surface area contributed by atoms with Crippen LogP contribution in [0.1, 0.15) is 18.4 Å². The fourth-order valence-corrected chi connectivity index (χ4v) is 5.36. The number of carbonyl (C=O) groups is 1. The molecule has 0 unspecified atom stereocenters. The van der Waals surface area contributed by atoms with E-state index in [1.165, 1.54) is 40.7 Å². The number of nitrogens with one attached hydrogen (secondary N) is 1. The van der Waals surface area contributed by atoms with E-state index in [-0.39, 0.29) is 41.3 Å². The number of primary sulfonamides is 1. The molecule has 0 bridgehead atoms. The second-order valence-corrected chi connectivity index (χ2v) is 11.0. The van der Waals surface area contributed by atoms with Crippen molar-refractivity contribution in [2.45, 2.75) is 29.2 Å². The zero-order valence-electron chi connectivity index (χ0n) is 16.0. The van der Waals surface area contributed by atoms with Crippen LogP contribution in [0.3, 0.4) is 0 Å². The third-order valence-corrected chi connectivity index (χ3v) is 8.09. The van der Waals surface area contributed by atoms with Gasteiger partial charge in [-0.15, -0.1) is 0 Å². The number of carbonyl (C=O) groups excluding carboxylic acids is 1. The molecule has 1 fully saturated rings. The highest BCUT2D eigenvalue weighted by molar-refractivity contribution is 7.89. The number of benzene rings is 2. The summed E-state index contributed by atoms with van der Waals surface area (Å²) in [5, 5.41) is 8.34. The SMILES string of the molecule is NS(=O)(=O)c1ccc(CNC(=O)C2CCN(S(=O)(=O)c3ccc(Cl)cc3)CC2)cc1. The van der Waals surface area contributed by atoms with E-state index in [1.54, 1.807) is 12.1 Å². The lowest BCUT2D eigenvalue weighted by molar-refractivity contribution is -0.126. The van der Waals surface area contributed by atoms with E-state index >= 15 is 0 Å². The minimum absolute atomic E-state index is 0.00634. The smallest absolute Gasteiger partial charge is 0.243 e. The summed E-state index contributed by atoms with van der Waals surface area (Å²) in [6.07, 6.45) is 0.839. The molecule has 0 radical (unpaired) electrons. The van der Waals surface area contributed by atoms with Gasteiger partial charge in [0.2, 0.25) is 26.0 Å². The van der Waals surface area contributed by atoms with E-state index in [0.717, 1.165) is 5.56 Å². The van der Waals surface area contributed by atoms with E-state index in [9.17, 15) is 21.6 Å². The van der Waals surface area contributed by atoms with E-state index in [1.807, 2.05) is 0 Å². The lowest BCUT2D eigenvalue weighted by Crippen LogP contribution is -2.42. The van der Waals surface area contributed by atoms with Gasteiger partial charge in [-0.05, 0) is 54.8 Å². The molecule has 0 atom stereocenters. The monoisotopic (exact) mass is 471 g/mol. The summed E-state index contributed by atoms with van der Waals surface area (Å²) in [4.78, 5) is 12.6. The summed E-state index contributed by atoms with van der Waals surface area (Å²) in [6, 6.07) is 11.9. The number of rotatable bonds is 6. The summed E-state index contributed by atoms with van der Waals surface area (Å²) < 4.78 is 49.4. The maximum absolute atomic E-state index is 12.7. The van der Waals surface area contributed by atoms with Gasteiger partial charge in [-0.1, -0.05) is 23.7 Å². The molecular weight excluding hydrogens is 450 g/mol. The van der Waals surface area contributed by atoms with Crippen LogP contribution in [-0.4, -0.2) is 40.1 Å². The van der Waals surface area contributed by atoms with Gasteiger partial charge in [0.25, 0.3) is 0 Å². The van der Waals surface area contributed by atoms with E-state index < -0.39 is 20.0 Å². The quantitative estimate of drug-likeness (QED) is 0.663. The largest absolute Gasteiger partial charge is 0.352 e. The van der Waals surface area contributed by atoms with Crippen LogP contribution >= 0.6 is 11.6 Å². The van der Waals surface area contributed by atoms with Gasteiger partial charge in [0.1, 0.15) is 0 Å². The number of sulfonamides is 2. The summed E-state index contributed by atoms with van der Waals surface area (Å²) in [5.74, 6) is -0.445. The number of nitrogens with zero attached hydrogens (tertiary/aromatic N) is 1. The molecule has 0 saturated carbocycles. The predicted molar refractivity (Wildman–Crippen MR) is 113 cm³/mol. The van der Waals surface area contributed by atoms with Gasteiger partial charge >= 0.3 is 0 Å². The Labute approximate surface area is 181 Å². The Morgan fingerprint density at radius 3 is 2.03 bits per heavy atom. The van der Waals surface area contributed by atoms with Crippen LogP contribution in [-0.2, 0) is 31.4 Å². The molecule has 11 heteroatoms. The van der Waals surface area contributed by atoms with Crippen molar-refractivity contribution in [2.75, 3.05) is 13.1 Å². The highest BCUT2D eigenvalue weighted by Gasteiger charge is 2.32. The van der Waals surface area contributed by atoms with Crippen LogP contribution in [0.2, 0.25) is 5.02 Å². The van der Waals surface area contributed by atoms with E-state index in [2.05, 4.69) is 5.32 Å². The Kier molecular flexibility index (Phi) is 6.83. The third kappa shape index (κ3) is 5.38. The molecule has 30 heavy (non-hydrogen) atoms. The molecule has 3 rings (SSSR count). The van der Waals surface area contributed by atoms with E-state index in [4.69, 9.17) is 16.7 Å². The van der Waals surface area contributed by atoms with Gasteiger partial charge in [-0.2, -0.15) is 4.31 Å². The normalized spacial score (nSPS) is 16.3. The molecule has 1 aliphatic heterocycles. The molecule has 0 aliphatic carbocycles. The van der Waals surface area contributed by atoms with Gasteiger partial charge in [-0.25, -0.2) is 22.0 Å². The Morgan fingerprint density at radius 1 is 0.967 bits per heavy atom. The number of hydrogen-bond acceptors (Lipinski definition) is 5. The minimum Gasteiger partial charge on any atom is -0.352 e. The molecule has 3 N–H and O–H groups in total. The Bertz CT molecular complexity index is 1110. The number of amides is 1. The highest BCUT2D eigenvalue weighted by atomic mass is 35.5. The topological polar surface area (TPSA) is 127 Å². The highest BCUT2D eigenvalue weighted by Crippen LogP contribution is 2.25. The zero-order valence-corrected chi connectivity index (χ0v) is 18.4.